The highest BCUT2D eigenvalue weighted by Gasteiger charge is 2.23. The molecule has 10 heteroatoms. The number of anilines is 3. The van der Waals surface area contributed by atoms with Crippen molar-refractivity contribution in [2.24, 2.45) is 5.73 Å². The highest BCUT2D eigenvalue weighted by Crippen LogP contribution is 2.31. The maximum atomic E-state index is 8.99. The fraction of sp³-hybridized carbons (Fsp3) is 0.458. The quantitative estimate of drug-likeness (QED) is 0.506. The summed E-state index contributed by atoms with van der Waals surface area (Å²) in [5.41, 5.74) is 8.60. The van der Waals surface area contributed by atoms with Gasteiger partial charge in [-0.05, 0) is 50.7 Å². The second-order valence-corrected chi connectivity index (χ2v) is 8.95. The SMILES string of the molecule is N#Cc1ccc(Nc2ncc(-c3cnn(C4CCOCC4)c3)c(NC3CCCC(N)C3)n2)nc1. The molecule has 2 atom stereocenters. The van der Waals surface area contributed by atoms with Crippen molar-refractivity contribution < 1.29 is 4.74 Å². The van der Waals surface area contributed by atoms with E-state index < -0.39 is 0 Å². The van der Waals surface area contributed by atoms with Gasteiger partial charge in [0.05, 0.1) is 17.8 Å². The van der Waals surface area contributed by atoms with Gasteiger partial charge in [-0.3, -0.25) is 4.68 Å². The van der Waals surface area contributed by atoms with E-state index in [4.69, 9.17) is 20.7 Å². The minimum atomic E-state index is 0.202. The summed E-state index contributed by atoms with van der Waals surface area (Å²) >= 11 is 0. The Balaban J connectivity index is 1.42. The molecule has 34 heavy (non-hydrogen) atoms. The van der Waals surface area contributed by atoms with Crippen LogP contribution in [0.15, 0.2) is 36.9 Å². The molecule has 176 valence electrons. The Morgan fingerprint density at radius 2 is 1.97 bits per heavy atom. The maximum absolute atomic E-state index is 8.99. The predicted molar refractivity (Wildman–Crippen MR) is 128 cm³/mol. The maximum Gasteiger partial charge on any atom is 0.230 e. The summed E-state index contributed by atoms with van der Waals surface area (Å²) in [6.07, 6.45) is 13.3. The molecule has 0 amide bonds. The molecule has 2 aliphatic rings. The first-order valence-electron chi connectivity index (χ1n) is 11.8. The Kier molecular flexibility index (Phi) is 6.65. The van der Waals surface area contributed by atoms with Gasteiger partial charge >= 0.3 is 0 Å². The third-order valence-corrected chi connectivity index (χ3v) is 6.45. The molecule has 10 nitrogen and oxygen atoms in total. The van der Waals surface area contributed by atoms with Crippen LogP contribution in [0.1, 0.15) is 50.1 Å². The van der Waals surface area contributed by atoms with Crippen molar-refractivity contribution in [3.05, 3.63) is 42.5 Å². The van der Waals surface area contributed by atoms with Crippen molar-refractivity contribution in [3.8, 4) is 17.2 Å². The minimum Gasteiger partial charge on any atom is -0.381 e. The van der Waals surface area contributed by atoms with Gasteiger partial charge in [0.15, 0.2) is 0 Å². The standard InChI is InChI=1S/C24H29N9O/c25-11-16-4-5-22(27-12-16)31-24-28-14-21(23(32-24)30-19-3-1-2-18(26)10-19)17-13-29-33(15-17)20-6-8-34-9-7-20/h4-5,12-15,18-20H,1-3,6-10,26H2,(H2,27,28,30,31,32). The zero-order valence-corrected chi connectivity index (χ0v) is 19.0. The van der Waals surface area contributed by atoms with E-state index in [1.54, 1.807) is 12.1 Å². The van der Waals surface area contributed by atoms with Crippen LogP contribution >= 0.6 is 0 Å². The molecular weight excluding hydrogens is 430 g/mol. The van der Waals surface area contributed by atoms with Crippen LogP contribution in [-0.4, -0.2) is 50.0 Å². The molecule has 0 aromatic carbocycles. The lowest BCUT2D eigenvalue weighted by Crippen LogP contribution is -2.35. The molecule has 3 aromatic heterocycles. The van der Waals surface area contributed by atoms with Gasteiger partial charge in [0.2, 0.25) is 5.95 Å². The van der Waals surface area contributed by atoms with Crippen molar-refractivity contribution in [2.75, 3.05) is 23.8 Å². The van der Waals surface area contributed by atoms with E-state index in [1.807, 2.05) is 17.1 Å². The third-order valence-electron chi connectivity index (χ3n) is 6.45. The van der Waals surface area contributed by atoms with E-state index in [0.717, 1.165) is 68.7 Å². The van der Waals surface area contributed by atoms with Crippen LogP contribution in [0.5, 0.6) is 0 Å². The van der Waals surface area contributed by atoms with Crippen LogP contribution in [0.25, 0.3) is 11.1 Å². The second kappa shape index (κ2) is 10.2. The van der Waals surface area contributed by atoms with Gasteiger partial charge in [-0.2, -0.15) is 15.3 Å². The Morgan fingerprint density at radius 3 is 2.74 bits per heavy atom. The number of nitrogens with two attached hydrogens (primary N) is 1. The Morgan fingerprint density at radius 1 is 1.09 bits per heavy atom. The molecule has 3 aromatic rings. The van der Waals surface area contributed by atoms with E-state index >= 15 is 0 Å². The van der Waals surface area contributed by atoms with E-state index in [-0.39, 0.29) is 12.1 Å². The van der Waals surface area contributed by atoms with Crippen LogP contribution in [0, 0.1) is 11.3 Å². The molecule has 1 aliphatic carbocycles. The van der Waals surface area contributed by atoms with Gasteiger partial charge in [-0.1, -0.05) is 0 Å². The lowest BCUT2D eigenvalue weighted by molar-refractivity contribution is 0.0662. The smallest absolute Gasteiger partial charge is 0.230 e. The summed E-state index contributed by atoms with van der Waals surface area (Å²) < 4.78 is 7.52. The highest BCUT2D eigenvalue weighted by molar-refractivity contribution is 5.75. The second-order valence-electron chi connectivity index (χ2n) is 8.95. The molecule has 0 radical (unpaired) electrons. The lowest BCUT2D eigenvalue weighted by Gasteiger charge is -2.28. The highest BCUT2D eigenvalue weighted by atomic mass is 16.5. The lowest BCUT2D eigenvalue weighted by atomic mass is 9.91. The Bertz CT molecular complexity index is 1150. The van der Waals surface area contributed by atoms with Crippen molar-refractivity contribution in [2.45, 2.75) is 56.7 Å². The van der Waals surface area contributed by atoms with Gasteiger partial charge in [-0.15, -0.1) is 0 Å². The molecular formula is C24H29N9O. The summed E-state index contributed by atoms with van der Waals surface area (Å²) in [7, 11) is 0. The monoisotopic (exact) mass is 459 g/mol. The zero-order chi connectivity index (χ0) is 23.3. The van der Waals surface area contributed by atoms with Crippen LogP contribution in [0.4, 0.5) is 17.6 Å². The van der Waals surface area contributed by atoms with Crippen LogP contribution in [-0.2, 0) is 4.74 Å². The number of pyridine rings is 1. The molecule has 4 heterocycles. The largest absolute Gasteiger partial charge is 0.381 e. The third kappa shape index (κ3) is 5.16. The Hall–Kier alpha value is -3.55. The van der Waals surface area contributed by atoms with E-state index in [0.29, 0.717) is 23.4 Å². The first-order chi connectivity index (χ1) is 16.7. The normalized spacial score (nSPS) is 21.1. The van der Waals surface area contributed by atoms with E-state index in [2.05, 4.69) is 38.0 Å². The molecule has 1 saturated carbocycles. The molecule has 4 N–H and O–H groups in total. The summed E-state index contributed by atoms with van der Waals surface area (Å²) in [4.78, 5) is 13.6. The number of nitriles is 1. The average Bonchev–Trinajstić information content (AvgIpc) is 3.35. The van der Waals surface area contributed by atoms with Crippen LogP contribution < -0.4 is 16.4 Å². The fourth-order valence-corrected chi connectivity index (χ4v) is 4.59. The van der Waals surface area contributed by atoms with Gasteiger partial charge < -0.3 is 21.1 Å². The molecule has 0 bridgehead atoms. The number of hydrogen-bond acceptors (Lipinski definition) is 9. The Labute approximate surface area is 198 Å². The first kappa shape index (κ1) is 22.3. The zero-order valence-electron chi connectivity index (χ0n) is 19.0. The van der Waals surface area contributed by atoms with Gasteiger partial charge in [0.1, 0.15) is 17.7 Å². The summed E-state index contributed by atoms with van der Waals surface area (Å²) in [5.74, 6) is 1.75. The number of rotatable bonds is 6. The number of nitrogens with zero attached hydrogens (tertiary/aromatic N) is 6. The summed E-state index contributed by atoms with van der Waals surface area (Å²) in [5, 5.41) is 20.4. The summed E-state index contributed by atoms with van der Waals surface area (Å²) in [6, 6.07) is 6.32. The molecule has 5 rings (SSSR count). The van der Waals surface area contributed by atoms with Gasteiger partial charge in [0, 0.05) is 55.0 Å². The topological polar surface area (TPSA) is 140 Å². The molecule has 0 spiro atoms. The molecule has 1 saturated heterocycles. The first-order valence-corrected chi connectivity index (χ1v) is 11.8. The van der Waals surface area contributed by atoms with Gasteiger partial charge in [-0.25, -0.2) is 9.97 Å². The predicted octanol–water partition coefficient (Wildman–Crippen LogP) is 3.38. The van der Waals surface area contributed by atoms with E-state index in [1.165, 1.54) is 6.20 Å². The van der Waals surface area contributed by atoms with Crippen molar-refractivity contribution in [3.63, 3.8) is 0 Å². The van der Waals surface area contributed by atoms with Crippen molar-refractivity contribution >= 4 is 17.6 Å². The average molecular weight is 460 g/mol. The van der Waals surface area contributed by atoms with Crippen LogP contribution in [0.2, 0.25) is 0 Å². The molecule has 2 fully saturated rings. The summed E-state index contributed by atoms with van der Waals surface area (Å²) in [6.45, 7) is 1.53. The number of hydrogen-bond donors (Lipinski definition) is 3. The number of nitrogens with one attached hydrogen (secondary N) is 2. The molecule has 1 aliphatic heterocycles. The number of ether oxygens (including phenoxy) is 1. The van der Waals surface area contributed by atoms with E-state index in [9.17, 15) is 0 Å². The van der Waals surface area contributed by atoms with Crippen LogP contribution in [0.3, 0.4) is 0 Å². The minimum absolute atomic E-state index is 0.202. The van der Waals surface area contributed by atoms with Crippen molar-refractivity contribution in [1.29, 1.82) is 5.26 Å². The number of aromatic nitrogens is 5. The molecule has 2 unspecified atom stereocenters. The fourth-order valence-electron chi connectivity index (χ4n) is 4.59. The van der Waals surface area contributed by atoms with Gasteiger partial charge in [0.25, 0.3) is 0 Å². The van der Waals surface area contributed by atoms with Crippen molar-refractivity contribution in [1.82, 2.24) is 24.7 Å².